The van der Waals surface area contributed by atoms with Gasteiger partial charge >= 0.3 is 5.97 Å². The summed E-state index contributed by atoms with van der Waals surface area (Å²) in [6.45, 7) is 5.97. The van der Waals surface area contributed by atoms with Crippen LogP contribution in [0.3, 0.4) is 0 Å². The Morgan fingerprint density at radius 2 is 1.94 bits per heavy atom. The highest BCUT2D eigenvalue weighted by Gasteiger charge is 2.22. The Bertz CT molecular complexity index is 1070. The lowest BCUT2D eigenvalue weighted by atomic mass is 10.1. The fourth-order valence-electron chi connectivity index (χ4n) is 3.45. The number of aromatic nitrogens is 2. The van der Waals surface area contributed by atoms with Crippen LogP contribution in [-0.4, -0.2) is 27.5 Å². The van der Waals surface area contributed by atoms with Gasteiger partial charge < -0.3 is 14.6 Å². The van der Waals surface area contributed by atoms with Gasteiger partial charge in [-0.2, -0.15) is 5.10 Å². The van der Waals surface area contributed by atoms with Crippen molar-refractivity contribution in [1.29, 1.82) is 0 Å². The highest BCUT2D eigenvalue weighted by Crippen LogP contribution is 2.33. The third kappa shape index (κ3) is 6.36. The number of hydrogen-bond acceptors (Lipinski definition) is 4. The Morgan fingerprint density at radius 3 is 2.69 bits per heavy atom. The second-order valence-electron chi connectivity index (χ2n) is 8.94. The number of aliphatic carboxylic acids is 1. The van der Waals surface area contributed by atoms with E-state index in [2.05, 4.69) is 25.1 Å². The summed E-state index contributed by atoms with van der Waals surface area (Å²) in [5, 5.41) is 13.7. The molecule has 0 radical (unpaired) electrons. The molecule has 168 valence electrons. The van der Waals surface area contributed by atoms with Crippen molar-refractivity contribution in [3.63, 3.8) is 0 Å². The van der Waals surface area contributed by atoms with Gasteiger partial charge in [-0.15, -0.1) is 0 Å². The van der Waals surface area contributed by atoms with Crippen LogP contribution in [-0.2, 0) is 17.8 Å². The molecule has 1 heterocycles. The molecule has 0 unspecified atom stereocenters. The fourth-order valence-corrected chi connectivity index (χ4v) is 3.45. The van der Waals surface area contributed by atoms with Crippen molar-refractivity contribution in [2.45, 2.75) is 46.1 Å². The van der Waals surface area contributed by atoms with E-state index in [1.165, 1.54) is 12.8 Å². The molecule has 0 bridgehead atoms. The maximum atomic E-state index is 11.2. The summed E-state index contributed by atoms with van der Waals surface area (Å²) < 4.78 is 14.0. The Balaban J connectivity index is 1.50. The zero-order chi connectivity index (χ0) is 22.5. The van der Waals surface area contributed by atoms with E-state index >= 15 is 0 Å². The molecule has 1 aliphatic rings. The van der Waals surface area contributed by atoms with Crippen LogP contribution < -0.4 is 9.47 Å². The number of benzene rings is 2. The van der Waals surface area contributed by atoms with Crippen LogP contribution in [0.4, 0.5) is 0 Å². The van der Waals surface area contributed by atoms with Gasteiger partial charge in [-0.25, -0.2) is 0 Å². The molecule has 2 aromatic carbocycles. The van der Waals surface area contributed by atoms with E-state index in [0.29, 0.717) is 41.3 Å². The maximum absolute atomic E-state index is 11.2. The van der Waals surface area contributed by atoms with Crippen LogP contribution in [0, 0.1) is 11.8 Å². The molecule has 0 saturated heterocycles. The molecule has 1 saturated carbocycles. The van der Waals surface area contributed by atoms with E-state index in [0.717, 1.165) is 24.1 Å². The minimum Gasteiger partial charge on any atom is -0.493 e. The van der Waals surface area contributed by atoms with Crippen LogP contribution in [0.1, 0.15) is 38.7 Å². The predicted molar refractivity (Wildman–Crippen MR) is 123 cm³/mol. The lowest BCUT2D eigenvalue weighted by Crippen LogP contribution is -2.03. The highest BCUT2D eigenvalue weighted by molar-refractivity contribution is 5.70. The second kappa shape index (κ2) is 9.90. The van der Waals surface area contributed by atoms with E-state index in [-0.39, 0.29) is 6.42 Å². The first-order chi connectivity index (χ1) is 15.4. The third-order valence-electron chi connectivity index (χ3n) is 5.45. The second-order valence-corrected chi connectivity index (χ2v) is 8.94. The van der Waals surface area contributed by atoms with Crippen molar-refractivity contribution in [3.05, 3.63) is 60.4 Å². The van der Waals surface area contributed by atoms with Crippen LogP contribution in [0.15, 0.2) is 54.9 Å². The smallest absolute Gasteiger partial charge is 0.307 e. The Hall–Kier alpha value is -3.28. The van der Waals surface area contributed by atoms with Gasteiger partial charge in [-0.05, 0) is 66.5 Å². The summed E-state index contributed by atoms with van der Waals surface area (Å²) in [5.74, 6) is 2.26. The normalized spacial score (nSPS) is 13.3. The molecule has 32 heavy (non-hydrogen) atoms. The number of ether oxygens (including phenoxy) is 2. The van der Waals surface area contributed by atoms with Gasteiger partial charge in [0.05, 0.1) is 19.2 Å². The molecule has 6 nitrogen and oxygen atoms in total. The molecule has 0 aliphatic heterocycles. The lowest BCUT2D eigenvalue weighted by Gasteiger charge is -2.12. The summed E-state index contributed by atoms with van der Waals surface area (Å²) >= 11 is 0. The predicted octanol–water partition coefficient (Wildman–Crippen LogP) is 5.80. The number of nitrogens with zero attached hydrogens (tertiary/aromatic N) is 2. The molecule has 1 aromatic heterocycles. The first-order valence-corrected chi connectivity index (χ1v) is 11.2. The number of carboxylic acid groups (broad SMARTS) is 1. The Kier molecular flexibility index (Phi) is 6.78. The summed E-state index contributed by atoms with van der Waals surface area (Å²) in [6, 6.07) is 13.2. The average Bonchev–Trinajstić information content (AvgIpc) is 3.45. The molecular weight excluding hydrogens is 404 g/mol. The monoisotopic (exact) mass is 434 g/mol. The molecule has 4 rings (SSSR count). The number of aryl methyl sites for hydroxylation is 1. The molecule has 0 spiro atoms. The van der Waals surface area contributed by atoms with Crippen LogP contribution in [0.5, 0.6) is 17.2 Å². The van der Waals surface area contributed by atoms with E-state index in [9.17, 15) is 9.90 Å². The highest BCUT2D eigenvalue weighted by atomic mass is 16.5. The van der Waals surface area contributed by atoms with Gasteiger partial charge in [0.1, 0.15) is 17.2 Å². The Labute approximate surface area is 188 Å². The van der Waals surface area contributed by atoms with Gasteiger partial charge in [0, 0.05) is 24.4 Å². The molecule has 0 amide bonds. The number of carboxylic acids is 1. The van der Waals surface area contributed by atoms with Crippen molar-refractivity contribution < 1.29 is 19.4 Å². The zero-order valence-corrected chi connectivity index (χ0v) is 18.7. The van der Waals surface area contributed by atoms with Crippen molar-refractivity contribution >= 4 is 5.97 Å². The molecule has 6 heteroatoms. The van der Waals surface area contributed by atoms with Crippen molar-refractivity contribution in [1.82, 2.24) is 9.78 Å². The molecular formula is C26H30N2O4. The van der Waals surface area contributed by atoms with E-state index in [1.807, 2.05) is 41.2 Å². The summed E-state index contributed by atoms with van der Waals surface area (Å²) in [6.07, 6.45) is 7.32. The summed E-state index contributed by atoms with van der Waals surface area (Å²) in [4.78, 5) is 11.2. The minimum absolute atomic E-state index is 0.0768. The lowest BCUT2D eigenvalue weighted by molar-refractivity contribution is -0.136. The fraction of sp³-hybridized carbons (Fsp3) is 0.385. The van der Waals surface area contributed by atoms with Gasteiger partial charge in [0.2, 0.25) is 0 Å². The van der Waals surface area contributed by atoms with Gasteiger partial charge in [0.25, 0.3) is 0 Å². The van der Waals surface area contributed by atoms with E-state index in [4.69, 9.17) is 9.47 Å². The number of rotatable bonds is 11. The quantitative estimate of drug-likeness (QED) is 0.413. The molecule has 1 aliphatic carbocycles. The molecule has 3 aromatic rings. The summed E-state index contributed by atoms with van der Waals surface area (Å²) in [7, 11) is 0. The van der Waals surface area contributed by atoms with Crippen LogP contribution in [0.25, 0.3) is 11.1 Å². The topological polar surface area (TPSA) is 73.6 Å². The first kappa shape index (κ1) is 21.9. The third-order valence-corrected chi connectivity index (χ3v) is 5.45. The minimum atomic E-state index is -0.883. The Morgan fingerprint density at radius 1 is 1.12 bits per heavy atom. The van der Waals surface area contributed by atoms with Crippen molar-refractivity contribution in [2.75, 3.05) is 6.61 Å². The van der Waals surface area contributed by atoms with E-state index in [1.54, 1.807) is 12.1 Å². The molecule has 1 fully saturated rings. The van der Waals surface area contributed by atoms with E-state index < -0.39 is 5.97 Å². The van der Waals surface area contributed by atoms with Gasteiger partial charge in [0.15, 0.2) is 0 Å². The maximum Gasteiger partial charge on any atom is 0.307 e. The molecule has 0 atom stereocenters. The molecule has 1 N–H and O–H groups in total. The number of hydrogen-bond donors (Lipinski definition) is 1. The van der Waals surface area contributed by atoms with Crippen molar-refractivity contribution in [2.24, 2.45) is 11.8 Å². The van der Waals surface area contributed by atoms with Crippen LogP contribution in [0.2, 0.25) is 0 Å². The van der Waals surface area contributed by atoms with Crippen molar-refractivity contribution in [3.8, 4) is 28.4 Å². The first-order valence-electron chi connectivity index (χ1n) is 11.2. The summed E-state index contributed by atoms with van der Waals surface area (Å²) in [5.41, 5.74) is 2.71. The average molecular weight is 435 g/mol. The SMILES string of the molecule is CC(C)CCn1cc(-c2cccc(Oc3cc(CC(=O)O)cc(OCC4CC4)c3)c2)cn1. The van der Waals surface area contributed by atoms with Gasteiger partial charge in [-0.1, -0.05) is 26.0 Å². The largest absolute Gasteiger partial charge is 0.493 e. The zero-order valence-electron chi connectivity index (χ0n) is 18.7. The number of carbonyl (C=O) groups is 1. The standard InChI is InChI=1S/C26H30N2O4/c1-18(2)8-9-28-16-22(15-27-28)21-4-3-5-23(13-21)32-25-11-20(12-26(29)30)10-24(14-25)31-17-19-6-7-19/h3-5,10-11,13-16,18-19H,6-9,12,17H2,1-2H3,(H,29,30). The van der Waals surface area contributed by atoms with Crippen LogP contribution >= 0.6 is 0 Å². The van der Waals surface area contributed by atoms with Gasteiger partial charge in [-0.3, -0.25) is 9.48 Å².